The van der Waals surface area contributed by atoms with Gasteiger partial charge in [0.1, 0.15) is 11.5 Å². The second-order valence-corrected chi connectivity index (χ2v) is 3.51. The number of esters is 1. The van der Waals surface area contributed by atoms with Gasteiger partial charge in [0, 0.05) is 0 Å². The van der Waals surface area contributed by atoms with Crippen LogP contribution >= 0.6 is 11.6 Å². The molecule has 0 heterocycles. The molecule has 2 atom stereocenters. The molecule has 4 heteroatoms. The molecule has 0 spiro atoms. The Kier molecular flexibility index (Phi) is 7.52. The summed E-state index contributed by atoms with van der Waals surface area (Å²) in [4.78, 5) is 11.2. The maximum Gasteiger partial charge on any atom is 0.324 e. The molecule has 0 aromatic rings. The van der Waals surface area contributed by atoms with Crippen molar-refractivity contribution in [3.63, 3.8) is 0 Å². The maximum atomic E-state index is 11.2. The summed E-state index contributed by atoms with van der Waals surface area (Å²) in [5.74, 6) is -0.461. The second-order valence-electron chi connectivity index (χ2n) is 2.98. The molecule has 0 bridgehead atoms. The van der Waals surface area contributed by atoms with E-state index in [-0.39, 0.29) is 6.61 Å². The van der Waals surface area contributed by atoms with Gasteiger partial charge < -0.3 is 9.84 Å². The highest BCUT2D eigenvalue weighted by Gasteiger charge is 2.18. The first-order valence-electron chi connectivity index (χ1n) is 4.72. The van der Waals surface area contributed by atoms with Crippen molar-refractivity contribution in [2.45, 2.75) is 37.7 Å². The van der Waals surface area contributed by atoms with Crippen LogP contribution in [0.3, 0.4) is 0 Å². The van der Waals surface area contributed by atoms with E-state index >= 15 is 0 Å². The molecular weight excluding hydrogens is 204 g/mol. The lowest BCUT2D eigenvalue weighted by molar-refractivity contribution is -0.151. The first kappa shape index (κ1) is 13.5. The van der Waals surface area contributed by atoms with Crippen LogP contribution in [-0.4, -0.2) is 29.2 Å². The molecule has 0 aliphatic carbocycles. The van der Waals surface area contributed by atoms with E-state index in [9.17, 15) is 4.79 Å². The quantitative estimate of drug-likeness (QED) is 0.405. The summed E-state index contributed by atoms with van der Waals surface area (Å²) in [5.41, 5.74) is 0. The highest BCUT2D eigenvalue weighted by atomic mass is 35.5. The van der Waals surface area contributed by atoms with Gasteiger partial charge in [-0.05, 0) is 19.3 Å². The standard InChI is InChI=1S/C10H17ClO3/c1-3-5-6-8(7-12)14-10(13)9(11)4-2/h3,8-9,12H,1,4-7H2,2H3. The summed E-state index contributed by atoms with van der Waals surface area (Å²) in [7, 11) is 0. The molecule has 0 fully saturated rings. The Morgan fingerprint density at radius 1 is 1.71 bits per heavy atom. The van der Waals surface area contributed by atoms with Crippen molar-refractivity contribution in [3.05, 3.63) is 12.7 Å². The molecule has 0 rings (SSSR count). The minimum atomic E-state index is -0.618. The number of halogens is 1. The molecule has 0 aromatic heterocycles. The predicted molar refractivity (Wildman–Crippen MR) is 56.3 cm³/mol. The van der Waals surface area contributed by atoms with Crippen molar-refractivity contribution in [1.29, 1.82) is 0 Å². The molecule has 0 aromatic carbocycles. The average Bonchev–Trinajstić information content (AvgIpc) is 2.22. The summed E-state index contributed by atoms with van der Waals surface area (Å²) in [6.07, 6.45) is 3.07. The molecule has 82 valence electrons. The number of allylic oxidation sites excluding steroid dienone is 1. The number of hydrogen-bond donors (Lipinski definition) is 1. The summed E-state index contributed by atoms with van der Waals surface area (Å²) in [6, 6.07) is 0. The van der Waals surface area contributed by atoms with Crippen LogP contribution in [0.15, 0.2) is 12.7 Å². The Hall–Kier alpha value is -0.540. The Morgan fingerprint density at radius 2 is 2.36 bits per heavy atom. The monoisotopic (exact) mass is 220 g/mol. The van der Waals surface area contributed by atoms with Crippen molar-refractivity contribution in [2.75, 3.05) is 6.61 Å². The maximum absolute atomic E-state index is 11.2. The molecule has 0 aliphatic heterocycles. The van der Waals surface area contributed by atoms with Crippen LogP contribution in [0.4, 0.5) is 0 Å². The van der Waals surface area contributed by atoms with Gasteiger partial charge in [0.2, 0.25) is 0 Å². The molecule has 0 aliphatic rings. The fourth-order valence-corrected chi connectivity index (χ4v) is 0.947. The van der Waals surface area contributed by atoms with Crippen molar-refractivity contribution in [2.24, 2.45) is 0 Å². The minimum Gasteiger partial charge on any atom is -0.459 e. The Bertz CT molecular complexity index is 182. The van der Waals surface area contributed by atoms with Crippen molar-refractivity contribution < 1.29 is 14.6 Å². The number of aliphatic hydroxyl groups excluding tert-OH is 1. The normalized spacial score (nSPS) is 14.5. The second kappa shape index (κ2) is 7.83. The van der Waals surface area contributed by atoms with Crippen LogP contribution < -0.4 is 0 Å². The number of carbonyl (C=O) groups excluding carboxylic acids is 1. The van der Waals surface area contributed by atoms with Crippen LogP contribution in [0.2, 0.25) is 0 Å². The third-order valence-electron chi connectivity index (χ3n) is 1.79. The van der Waals surface area contributed by atoms with E-state index < -0.39 is 17.5 Å². The smallest absolute Gasteiger partial charge is 0.324 e. The first-order chi connectivity index (χ1) is 6.65. The van der Waals surface area contributed by atoms with E-state index in [1.165, 1.54) is 0 Å². The van der Waals surface area contributed by atoms with Gasteiger partial charge >= 0.3 is 5.97 Å². The number of carbonyl (C=O) groups is 1. The third-order valence-corrected chi connectivity index (χ3v) is 2.28. The topological polar surface area (TPSA) is 46.5 Å². The first-order valence-corrected chi connectivity index (χ1v) is 5.15. The van der Waals surface area contributed by atoms with E-state index in [0.29, 0.717) is 19.3 Å². The van der Waals surface area contributed by atoms with Gasteiger partial charge in [-0.25, -0.2) is 0 Å². The zero-order chi connectivity index (χ0) is 11.0. The number of rotatable bonds is 7. The molecular formula is C10H17ClO3. The van der Waals surface area contributed by atoms with Gasteiger partial charge in [-0.3, -0.25) is 4.79 Å². The average molecular weight is 221 g/mol. The predicted octanol–water partition coefficient (Wildman–Crippen LogP) is 1.87. The van der Waals surface area contributed by atoms with Gasteiger partial charge in [-0.1, -0.05) is 13.0 Å². The molecule has 3 nitrogen and oxygen atoms in total. The lowest BCUT2D eigenvalue weighted by atomic mass is 10.2. The Labute approximate surface area is 89.7 Å². The Balaban J connectivity index is 3.91. The molecule has 0 saturated carbocycles. The van der Waals surface area contributed by atoms with Crippen molar-refractivity contribution in [1.82, 2.24) is 0 Å². The summed E-state index contributed by atoms with van der Waals surface area (Å²) < 4.78 is 4.99. The number of aliphatic hydroxyl groups is 1. The minimum absolute atomic E-state index is 0.174. The van der Waals surface area contributed by atoms with Gasteiger partial charge in [-0.2, -0.15) is 0 Å². The van der Waals surface area contributed by atoms with Crippen LogP contribution in [-0.2, 0) is 9.53 Å². The van der Waals surface area contributed by atoms with E-state index in [1.807, 2.05) is 0 Å². The number of hydrogen-bond acceptors (Lipinski definition) is 3. The van der Waals surface area contributed by atoms with Crippen LogP contribution in [0.5, 0.6) is 0 Å². The Morgan fingerprint density at radius 3 is 2.79 bits per heavy atom. The van der Waals surface area contributed by atoms with E-state index in [0.717, 1.165) is 0 Å². The molecule has 2 unspecified atom stereocenters. The van der Waals surface area contributed by atoms with Crippen molar-refractivity contribution in [3.8, 4) is 0 Å². The fraction of sp³-hybridized carbons (Fsp3) is 0.700. The van der Waals surface area contributed by atoms with Gasteiger partial charge in [0.25, 0.3) is 0 Å². The number of ether oxygens (including phenoxy) is 1. The molecule has 0 saturated heterocycles. The van der Waals surface area contributed by atoms with E-state index in [1.54, 1.807) is 13.0 Å². The number of alkyl halides is 1. The van der Waals surface area contributed by atoms with Gasteiger partial charge in [-0.15, -0.1) is 18.2 Å². The summed E-state index contributed by atoms with van der Waals surface area (Å²) in [6.45, 7) is 5.18. The lowest BCUT2D eigenvalue weighted by Gasteiger charge is -2.16. The van der Waals surface area contributed by atoms with Crippen molar-refractivity contribution >= 4 is 17.6 Å². The highest BCUT2D eigenvalue weighted by molar-refractivity contribution is 6.29. The SMILES string of the molecule is C=CCCC(CO)OC(=O)C(Cl)CC. The zero-order valence-corrected chi connectivity index (χ0v) is 9.17. The van der Waals surface area contributed by atoms with Crippen LogP contribution in [0.25, 0.3) is 0 Å². The largest absolute Gasteiger partial charge is 0.459 e. The lowest BCUT2D eigenvalue weighted by Crippen LogP contribution is -2.26. The van der Waals surface area contributed by atoms with E-state index in [4.69, 9.17) is 21.4 Å². The van der Waals surface area contributed by atoms with Crippen LogP contribution in [0.1, 0.15) is 26.2 Å². The van der Waals surface area contributed by atoms with Crippen LogP contribution in [0, 0.1) is 0 Å². The van der Waals surface area contributed by atoms with E-state index in [2.05, 4.69) is 6.58 Å². The zero-order valence-electron chi connectivity index (χ0n) is 8.41. The third kappa shape index (κ3) is 5.25. The molecule has 0 radical (unpaired) electrons. The molecule has 0 amide bonds. The molecule has 1 N–H and O–H groups in total. The fourth-order valence-electron chi connectivity index (χ4n) is 0.896. The molecule has 14 heavy (non-hydrogen) atoms. The van der Waals surface area contributed by atoms with Gasteiger partial charge in [0.05, 0.1) is 6.61 Å². The highest BCUT2D eigenvalue weighted by Crippen LogP contribution is 2.09. The van der Waals surface area contributed by atoms with Gasteiger partial charge in [0.15, 0.2) is 0 Å². The summed E-state index contributed by atoms with van der Waals surface area (Å²) >= 11 is 5.67. The summed E-state index contributed by atoms with van der Waals surface area (Å²) in [5, 5.41) is 8.28.